The highest BCUT2D eigenvalue weighted by Crippen LogP contribution is 2.42. The first kappa shape index (κ1) is 17.5. The summed E-state index contributed by atoms with van der Waals surface area (Å²) in [7, 11) is 1.76. The van der Waals surface area contributed by atoms with Gasteiger partial charge >= 0.3 is 0 Å². The van der Waals surface area contributed by atoms with Crippen molar-refractivity contribution in [3.8, 4) is 0 Å². The Morgan fingerprint density at radius 3 is 2.73 bits per heavy atom. The highest BCUT2D eigenvalue weighted by atomic mass is 16.5. The second-order valence-corrected chi connectivity index (χ2v) is 7.53. The fourth-order valence-corrected chi connectivity index (χ4v) is 4.60. The van der Waals surface area contributed by atoms with Gasteiger partial charge in [0.1, 0.15) is 0 Å². The van der Waals surface area contributed by atoms with Crippen LogP contribution in [0.15, 0.2) is 42.5 Å². The maximum Gasteiger partial charge on any atom is 0.253 e. The van der Waals surface area contributed by atoms with Crippen molar-refractivity contribution >= 4 is 16.7 Å². The molecule has 1 amide bonds. The zero-order valence-electron chi connectivity index (χ0n) is 15.4. The van der Waals surface area contributed by atoms with E-state index in [9.17, 15) is 4.79 Å². The maximum absolute atomic E-state index is 13.0. The van der Waals surface area contributed by atoms with Crippen molar-refractivity contribution in [1.29, 1.82) is 0 Å². The number of benzene rings is 2. The molecule has 26 heavy (non-hydrogen) atoms. The lowest BCUT2D eigenvalue weighted by Crippen LogP contribution is -2.49. The van der Waals surface area contributed by atoms with Crippen LogP contribution >= 0.6 is 0 Å². The van der Waals surface area contributed by atoms with Crippen molar-refractivity contribution in [2.45, 2.75) is 31.3 Å². The fourth-order valence-electron chi connectivity index (χ4n) is 4.60. The normalized spacial score (nSPS) is 22.2. The summed E-state index contributed by atoms with van der Waals surface area (Å²) in [5, 5.41) is 2.28. The quantitative estimate of drug-likeness (QED) is 0.837. The second-order valence-electron chi connectivity index (χ2n) is 7.53. The van der Waals surface area contributed by atoms with Crippen LogP contribution in [0.2, 0.25) is 0 Å². The predicted octanol–water partition coefficient (Wildman–Crippen LogP) is 3.89. The highest BCUT2D eigenvalue weighted by Gasteiger charge is 2.46. The number of hydrogen-bond acceptors (Lipinski definition) is 3. The third kappa shape index (κ3) is 3.24. The van der Waals surface area contributed by atoms with Crippen LogP contribution in [0.25, 0.3) is 10.8 Å². The minimum absolute atomic E-state index is 0.0430. The summed E-state index contributed by atoms with van der Waals surface area (Å²) in [4.78, 5) is 15.0. The smallest absolute Gasteiger partial charge is 0.253 e. The first-order valence-corrected chi connectivity index (χ1v) is 9.63. The standard InChI is InChI=1S/C22H27NO3/c1-25-14-8-20-9-15-26-22(20)10-12-23(13-11-22)21(24)19-7-6-17-4-2-3-5-18(17)16-19/h2-7,16,20H,8-15H2,1H3/t20-/m1/s1. The van der Waals surface area contributed by atoms with Gasteiger partial charge in [-0.2, -0.15) is 0 Å². The molecule has 4 rings (SSSR count). The van der Waals surface area contributed by atoms with Crippen molar-refractivity contribution in [1.82, 2.24) is 4.90 Å². The Hall–Kier alpha value is -1.91. The van der Waals surface area contributed by atoms with Gasteiger partial charge in [-0.3, -0.25) is 4.79 Å². The van der Waals surface area contributed by atoms with Crippen molar-refractivity contribution < 1.29 is 14.3 Å². The Labute approximate surface area is 155 Å². The van der Waals surface area contributed by atoms with Gasteiger partial charge in [0.25, 0.3) is 5.91 Å². The van der Waals surface area contributed by atoms with Crippen LogP contribution in [0, 0.1) is 5.92 Å². The Kier molecular flexibility index (Phi) is 4.96. The third-order valence-corrected chi connectivity index (χ3v) is 6.16. The zero-order chi connectivity index (χ0) is 18.0. The van der Waals surface area contributed by atoms with Gasteiger partial charge in [-0.05, 0) is 54.5 Å². The number of rotatable bonds is 4. The molecule has 0 N–H and O–H groups in total. The molecule has 2 saturated heterocycles. The molecule has 1 atom stereocenters. The molecule has 138 valence electrons. The molecule has 2 fully saturated rings. The lowest BCUT2D eigenvalue weighted by Gasteiger charge is -2.42. The first-order chi connectivity index (χ1) is 12.7. The van der Waals surface area contributed by atoms with Crippen LogP contribution in [0.5, 0.6) is 0 Å². The van der Waals surface area contributed by atoms with E-state index in [1.54, 1.807) is 7.11 Å². The number of piperidine rings is 1. The van der Waals surface area contributed by atoms with Crippen LogP contribution in [-0.4, -0.2) is 49.8 Å². The Bertz CT molecular complexity index is 780. The zero-order valence-corrected chi connectivity index (χ0v) is 15.4. The molecule has 2 aromatic rings. The molecule has 4 nitrogen and oxygen atoms in total. The Morgan fingerprint density at radius 2 is 1.96 bits per heavy atom. The highest BCUT2D eigenvalue weighted by molar-refractivity contribution is 5.98. The van der Waals surface area contributed by atoms with E-state index in [4.69, 9.17) is 9.47 Å². The van der Waals surface area contributed by atoms with Crippen LogP contribution in [0.3, 0.4) is 0 Å². The molecule has 2 aliphatic heterocycles. The van der Waals surface area contributed by atoms with Crippen molar-refractivity contribution in [3.05, 3.63) is 48.0 Å². The van der Waals surface area contributed by atoms with Crippen molar-refractivity contribution in [3.63, 3.8) is 0 Å². The number of likely N-dealkylation sites (tertiary alicyclic amines) is 1. The van der Waals surface area contributed by atoms with E-state index in [0.29, 0.717) is 5.92 Å². The summed E-state index contributed by atoms with van der Waals surface area (Å²) in [6.07, 6.45) is 4.03. The molecule has 2 heterocycles. The van der Waals surface area contributed by atoms with Gasteiger partial charge in [-0.25, -0.2) is 0 Å². The SMILES string of the molecule is COCC[C@@H]1CCOC12CCN(C(=O)c1ccc3ccccc3c1)CC2. The largest absolute Gasteiger partial charge is 0.385 e. The molecule has 0 aliphatic carbocycles. The third-order valence-electron chi connectivity index (χ3n) is 6.16. The molecule has 1 spiro atoms. The van der Waals surface area contributed by atoms with E-state index in [-0.39, 0.29) is 11.5 Å². The van der Waals surface area contributed by atoms with Gasteiger partial charge in [0.05, 0.1) is 5.60 Å². The number of carbonyl (C=O) groups excluding carboxylic acids is 1. The molecule has 0 bridgehead atoms. The van der Waals surface area contributed by atoms with E-state index in [0.717, 1.165) is 62.9 Å². The van der Waals surface area contributed by atoms with Crippen LogP contribution in [0.1, 0.15) is 36.0 Å². The van der Waals surface area contributed by atoms with Gasteiger partial charge in [0.15, 0.2) is 0 Å². The lowest BCUT2D eigenvalue weighted by molar-refractivity contribution is -0.0661. The van der Waals surface area contributed by atoms with Crippen LogP contribution in [-0.2, 0) is 9.47 Å². The van der Waals surface area contributed by atoms with Crippen LogP contribution < -0.4 is 0 Å². The number of fused-ring (bicyclic) bond motifs is 1. The number of methoxy groups -OCH3 is 1. The van der Waals surface area contributed by atoms with Gasteiger partial charge < -0.3 is 14.4 Å². The molecule has 0 unspecified atom stereocenters. The molecule has 0 aromatic heterocycles. The Morgan fingerprint density at radius 1 is 1.19 bits per heavy atom. The first-order valence-electron chi connectivity index (χ1n) is 9.63. The molecule has 0 saturated carbocycles. The van der Waals surface area contributed by atoms with E-state index in [1.807, 2.05) is 35.2 Å². The summed E-state index contributed by atoms with van der Waals surface area (Å²) in [5.41, 5.74) is 0.738. The predicted molar refractivity (Wildman–Crippen MR) is 102 cm³/mol. The topological polar surface area (TPSA) is 38.8 Å². The molecule has 2 aliphatic rings. The number of amides is 1. The number of carbonyl (C=O) groups is 1. The van der Waals surface area contributed by atoms with Gasteiger partial charge in [0.2, 0.25) is 0 Å². The minimum Gasteiger partial charge on any atom is -0.385 e. The van der Waals surface area contributed by atoms with Crippen molar-refractivity contribution in [2.24, 2.45) is 5.92 Å². The monoisotopic (exact) mass is 353 g/mol. The summed E-state index contributed by atoms with van der Waals surface area (Å²) in [6.45, 7) is 3.17. The van der Waals surface area contributed by atoms with Crippen molar-refractivity contribution in [2.75, 3.05) is 33.4 Å². The number of hydrogen-bond donors (Lipinski definition) is 0. The van der Waals surface area contributed by atoms with Gasteiger partial charge in [-0.15, -0.1) is 0 Å². The fraction of sp³-hybridized carbons (Fsp3) is 0.500. The number of nitrogens with zero attached hydrogens (tertiary/aromatic N) is 1. The molecule has 4 heteroatoms. The second kappa shape index (κ2) is 7.37. The van der Waals surface area contributed by atoms with E-state index in [2.05, 4.69) is 12.1 Å². The summed E-state index contributed by atoms with van der Waals surface area (Å²) >= 11 is 0. The average Bonchev–Trinajstić information content (AvgIpc) is 3.08. The number of ether oxygens (including phenoxy) is 2. The molecular weight excluding hydrogens is 326 g/mol. The molecule has 0 radical (unpaired) electrons. The molecule has 2 aromatic carbocycles. The average molecular weight is 353 g/mol. The summed E-state index contributed by atoms with van der Waals surface area (Å²) in [6, 6.07) is 14.2. The summed E-state index contributed by atoms with van der Waals surface area (Å²) < 4.78 is 11.5. The van der Waals surface area contributed by atoms with Crippen LogP contribution in [0.4, 0.5) is 0 Å². The molecular formula is C22H27NO3. The Balaban J connectivity index is 1.44. The van der Waals surface area contributed by atoms with E-state index in [1.165, 1.54) is 5.39 Å². The van der Waals surface area contributed by atoms with Gasteiger partial charge in [-0.1, -0.05) is 30.3 Å². The van der Waals surface area contributed by atoms with E-state index < -0.39 is 0 Å². The minimum atomic E-state index is -0.0430. The summed E-state index contributed by atoms with van der Waals surface area (Å²) in [5.74, 6) is 0.692. The van der Waals surface area contributed by atoms with Gasteiger partial charge in [0, 0.05) is 39.0 Å². The van der Waals surface area contributed by atoms with E-state index >= 15 is 0 Å². The maximum atomic E-state index is 13.0. The lowest BCUT2D eigenvalue weighted by atomic mass is 9.78.